The summed E-state index contributed by atoms with van der Waals surface area (Å²) in [6.45, 7) is 2.08. The summed E-state index contributed by atoms with van der Waals surface area (Å²) in [5.41, 5.74) is 1.07. The van der Waals surface area contributed by atoms with Crippen molar-refractivity contribution in [2.75, 3.05) is 30.5 Å². The molecular formula is C16H22N2O4S. The Bertz CT molecular complexity index is 578. The van der Waals surface area contributed by atoms with Crippen molar-refractivity contribution in [1.82, 2.24) is 4.90 Å². The third-order valence-corrected chi connectivity index (χ3v) is 5.25. The highest BCUT2D eigenvalue weighted by molar-refractivity contribution is 7.85. The highest BCUT2D eigenvalue weighted by Crippen LogP contribution is 2.17. The van der Waals surface area contributed by atoms with E-state index in [-0.39, 0.29) is 18.0 Å². The largest absolute Gasteiger partial charge is 0.462 e. The molecule has 1 aliphatic heterocycles. The van der Waals surface area contributed by atoms with E-state index in [0.29, 0.717) is 29.4 Å². The molecule has 2 rings (SSSR count). The number of esters is 1. The van der Waals surface area contributed by atoms with Crippen molar-refractivity contribution < 1.29 is 18.5 Å². The van der Waals surface area contributed by atoms with Gasteiger partial charge in [0.2, 0.25) is 0 Å². The van der Waals surface area contributed by atoms with Crippen LogP contribution in [0.4, 0.5) is 10.5 Å². The number of carbonyl (C=O) groups is 2. The Hall–Kier alpha value is -1.89. The number of amides is 2. The Morgan fingerprint density at radius 1 is 1.26 bits per heavy atom. The second-order valence-corrected chi connectivity index (χ2v) is 7.11. The van der Waals surface area contributed by atoms with Crippen molar-refractivity contribution in [2.24, 2.45) is 0 Å². The molecule has 0 aliphatic carbocycles. The molecule has 0 aromatic heterocycles. The minimum Gasteiger partial charge on any atom is -0.462 e. The molecule has 1 aromatic carbocycles. The van der Waals surface area contributed by atoms with Gasteiger partial charge in [0.1, 0.15) is 0 Å². The van der Waals surface area contributed by atoms with E-state index in [4.69, 9.17) is 4.74 Å². The van der Waals surface area contributed by atoms with Crippen molar-refractivity contribution in [3.05, 3.63) is 29.8 Å². The number of anilines is 1. The van der Waals surface area contributed by atoms with Gasteiger partial charge in [0.15, 0.2) is 0 Å². The number of hydrogen-bond acceptors (Lipinski definition) is 4. The van der Waals surface area contributed by atoms with Crippen LogP contribution in [0.2, 0.25) is 0 Å². The molecule has 1 aromatic rings. The number of rotatable bonds is 4. The molecule has 2 amide bonds. The Morgan fingerprint density at radius 2 is 1.87 bits per heavy atom. The monoisotopic (exact) mass is 338 g/mol. The first-order chi connectivity index (χ1) is 11.0. The van der Waals surface area contributed by atoms with Gasteiger partial charge in [0.25, 0.3) is 0 Å². The SMILES string of the molecule is CCOC(=O)c1ccc(NC(=O)N(C)C2CCS(=O)CC2)cc1. The van der Waals surface area contributed by atoms with Crippen LogP contribution in [0.1, 0.15) is 30.1 Å². The van der Waals surface area contributed by atoms with E-state index < -0.39 is 10.8 Å². The van der Waals surface area contributed by atoms with Gasteiger partial charge < -0.3 is 15.0 Å². The molecule has 6 nitrogen and oxygen atoms in total. The number of benzene rings is 1. The van der Waals surface area contributed by atoms with Crippen molar-refractivity contribution in [2.45, 2.75) is 25.8 Å². The molecule has 23 heavy (non-hydrogen) atoms. The van der Waals surface area contributed by atoms with E-state index in [2.05, 4.69) is 5.32 Å². The third kappa shape index (κ3) is 4.79. The van der Waals surface area contributed by atoms with E-state index in [9.17, 15) is 13.8 Å². The molecule has 1 aliphatic rings. The highest BCUT2D eigenvalue weighted by Gasteiger charge is 2.24. The summed E-state index contributed by atoms with van der Waals surface area (Å²) in [4.78, 5) is 25.5. The van der Waals surface area contributed by atoms with E-state index >= 15 is 0 Å². The Labute approximate surface area is 138 Å². The zero-order chi connectivity index (χ0) is 16.8. The van der Waals surface area contributed by atoms with Gasteiger partial charge in [0.05, 0.1) is 12.2 Å². The number of ether oxygens (including phenoxy) is 1. The fourth-order valence-corrected chi connectivity index (χ4v) is 3.72. The second-order valence-electron chi connectivity index (χ2n) is 5.42. The van der Waals surface area contributed by atoms with E-state index in [1.165, 1.54) is 0 Å². The number of hydrogen-bond donors (Lipinski definition) is 1. The number of urea groups is 1. The smallest absolute Gasteiger partial charge is 0.338 e. The number of nitrogens with zero attached hydrogens (tertiary/aromatic N) is 1. The third-order valence-electron chi connectivity index (χ3n) is 3.87. The van der Waals surface area contributed by atoms with E-state index in [1.807, 2.05) is 0 Å². The lowest BCUT2D eigenvalue weighted by atomic mass is 10.1. The van der Waals surface area contributed by atoms with Crippen LogP contribution in [0.25, 0.3) is 0 Å². The fourth-order valence-electron chi connectivity index (χ4n) is 2.45. The van der Waals surface area contributed by atoms with Gasteiger partial charge in [-0.2, -0.15) is 0 Å². The predicted molar refractivity (Wildman–Crippen MR) is 90.1 cm³/mol. The Morgan fingerprint density at radius 3 is 2.43 bits per heavy atom. The average molecular weight is 338 g/mol. The van der Waals surface area contributed by atoms with Crippen molar-refractivity contribution in [3.63, 3.8) is 0 Å². The lowest BCUT2D eigenvalue weighted by Crippen LogP contribution is -2.43. The quantitative estimate of drug-likeness (QED) is 0.854. The van der Waals surface area contributed by atoms with E-state index in [1.54, 1.807) is 43.1 Å². The molecule has 0 radical (unpaired) electrons. The number of carbonyl (C=O) groups excluding carboxylic acids is 2. The van der Waals surface area contributed by atoms with Gasteiger partial charge in [-0.1, -0.05) is 0 Å². The van der Waals surface area contributed by atoms with Gasteiger partial charge in [-0.3, -0.25) is 4.21 Å². The van der Waals surface area contributed by atoms with Gasteiger partial charge in [-0.05, 0) is 44.0 Å². The van der Waals surface area contributed by atoms with Gasteiger partial charge in [0, 0.05) is 41.1 Å². The standard InChI is InChI=1S/C16H22N2O4S/c1-3-22-15(19)12-4-6-13(7-5-12)17-16(20)18(2)14-8-10-23(21)11-9-14/h4-7,14H,3,8-11H2,1-2H3,(H,17,20). The lowest BCUT2D eigenvalue weighted by Gasteiger charge is -2.30. The number of nitrogens with one attached hydrogen (secondary N) is 1. The van der Waals surface area contributed by atoms with Gasteiger partial charge >= 0.3 is 12.0 Å². The second kappa shape index (κ2) is 8.10. The van der Waals surface area contributed by atoms with Crippen molar-refractivity contribution in [1.29, 1.82) is 0 Å². The molecule has 0 atom stereocenters. The van der Waals surface area contributed by atoms with Crippen molar-refractivity contribution >= 4 is 28.5 Å². The van der Waals surface area contributed by atoms with Gasteiger partial charge in [-0.25, -0.2) is 9.59 Å². The van der Waals surface area contributed by atoms with Crippen LogP contribution in [0.15, 0.2) is 24.3 Å². The van der Waals surface area contributed by atoms with Crippen molar-refractivity contribution in [3.8, 4) is 0 Å². The topological polar surface area (TPSA) is 75.7 Å². The molecule has 1 saturated heterocycles. The first kappa shape index (κ1) is 17.5. The summed E-state index contributed by atoms with van der Waals surface area (Å²) in [5, 5.41) is 2.81. The minimum absolute atomic E-state index is 0.117. The summed E-state index contributed by atoms with van der Waals surface area (Å²) in [5.74, 6) is 0.922. The van der Waals surface area contributed by atoms with Crippen LogP contribution in [-0.4, -0.2) is 52.3 Å². The molecule has 1 heterocycles. The van der Waals surface area contributed by atoms with Crippen LogP contribution >= 0.6 is 0 Å². The van der Waals surface area contributed by atoms with Gasteiger partial charge in [-0.15, -0.1) is 0 Å². The summed E-state index contributed by atoms with van der Waals surface area (Å²) in [6.07, 6.45) is 1.52. The Balaban J connectivity index is 1.92. The highest BCUT2D eigenvalue weighted by atomic mass is 32.2. The first-order valence-electron chi connectivity index (χ1n) is 7.67. The maximum Gasteiger partial charge on any atom is 0.338 e. The van der Waals surface area contributed by atoms with E-state index in [0.717, 1.165) is 12.8 Å². The van der Waals surface area contributed by atoms with Crippen LogP contribution < -0.4 is 5.32 Å². The predicted octanol–water partition coefficient (Wildman–Crippen LogP) is 2.24. The molecule has 0 spiro atoms. The molecule has 0 saturated carbocycles. The molecule has 0 unspecified atom stereocenters. The van der Waals surface area contributed by atoms with Crippen LogP contribution in [0, 0.1) is 0 Å². The first-order valence-corrected chi connectivity index (χ1v) is 9.16. The molecule has 126 valence electrons. The maximum absolute atomic E-state index is 12.3. The van der Waals surface area contributed by atoms with Crippen LogP contribution in [-0.2, 0) is 15.5 Å². The summed E-state index contributed by atoms with van der Waals surface area (Å²) in [6, 6.07) is 6.51. The molecular weight excluding hydrogens is 316 g/mol. The van der Waals surface area contributed by atoms with Crippen LogP contribution in [0.5, 0.6) is 0 Å². The molecule has 1 fully saturated rings. The molecule has 7 heteroatoms. The minimum atomic E-state index is -0.740. The fraction of sp³-hybridized carbons (Fsp3) is 0.500. The zero-order valence-corrected chi connectivity index (χ0v) is 14.2. The summed E-state index contributed by atoms with van der Waals surface area (Å²) >= 11 is 0. The normalized spacial score (nSPS) is 20.6. The molecule has 0 bridgehead atoms. The maximum atomic E-state index is 12.3. The Kier molecular flexibility index (Phi) is 6.15. The summed E-state index contributed by atoms with van der Waals surface area (Å²) < 4.78 is 16.3. The summed E-state index contributed by atoms with van der Waals surface area (Å²) in [7, 11) is 1.01. The average Bonchev–Trinajstić information content (AvgIpc) is 2.55. The van der Waals surface area contributed by atoms with Crippen LogP contribution in [0.3, 0.4) is 0 Å². The molecule has 1 N–H and O–H groups in total. The lowest BCUT2D eigenvalue weighted by molar-refractivity contribution is 0.0526. The zero-order valence-electron chi connectivity index (χ0n) is 13.4.